The molecule has 0 amide bonds. The van der Waals surface area contributed by atoms with Crippen LogP contribution in [0.2, 0.25) is 0 Å². The molecule has 0 aromatic rings. The molecule has 94 valence electrons. The van der Waals surface area contributed by atoms with E-state index in [2.05, 4.69) is 12.2 Å². The van der Waals surface area contributed by atoms with Crippen LogP contribution in [0.3, 0.4) is 0 Å². The van der Waals surface area contributed by atoms with Gasteiger partial charge in [0, 0.05) is 26.2 Å². The van der Waals surface area contributed by atoms with E-state index in [4.69, 9.17) is 0 Å². The van der Waals surface area contributed by atoms with Gasteiger partial charge in [0.2, 0.25) is 10.0 Å². The molecule has 5 heteroatoms. The van der Waals surface area contributed by atoms with E-state index in [1.54, 1.807) is 4.31 Å². The van der Waals surface area contributed by atoms with Crippen LogP contribution >= 0.6 is 0 Å². The average Bonchev–Trinajstić information content (AvgIpc) is 2.14. The van der Waals surface area contributed by atoms with Gasteiger partial charge in [-0.3, -0.25) is 0 Å². The molecule has 1 N–H and O–H groups in total. The SMILES string of the molecule is CC1(CC2CCCN(S(C)(=O)=O)C2)CNC1. The van der Waals surface area contributed by atoms with Crippen molar-refractivity contribution in [1.82, 2.24) is 9.62 Å². The third kappa shape index (κ3) is 2.76. The fourth-order valence-electron chi connectivity index (χ4n) is 2.89. The Morgan fingerprint density at radius 2 is 2.12 bits per heavy atom. The Labute approximate surface area is 98.4 Å². The van der Waals surface area contributed by atoms with Crippen LogP contribution in [-0.4, -0.2) is 45.2 Å². The lowest BCUT2D eigenvalue weighted by molar-refractivity contribution is 0.120. The summed E-state index contributed by atoms with van der Waals surface area (Å²) in [5, 5.41) is 3.30. The largest absolute Gasteiger partial charge is 0.316 e. The van der Waals surface area contributed by atoms with Crippen molar-refractivity contribution in [3.8, 4) is 0 Å². The first-order valence-electron chi connectivity index (χ1n) is 6.05. The zero-order valence-electron chi connectivity index (χ0n) is 10.2. The Morgan fingerprint density at radius 3 is 2.62 bits per heavy atom. The second-order valence-electron chi connectivity index (χ2n) is 5.75. The van der Waals surface area contributed by atoms with Crippen molar-refractivity contribution in [2.45, 2.75) is 26.2 Å². The van der Waals surface area contributed by atoms with Crippen molar-refractivity contribution < 1.29 is 8.42 Å². The van der Waals surface area contributed by atoms with Gasteiger partial charge in [-0.05, 0) is 30.6 Å². The van der Waals surface area contributed by atoms with Crippen LogP contribution < -0.4 is 5.32 Å². The van der Waals surface area contributed by atoms with Crippen molar-refractivity contribution in [3.05, 3.63) is 0 Å². The van der Waals surface area contributed by atoms with Gasteiger partial charge in [0.05, 0.1) is 6.26 Å². The summed E-state index contributed by atoms with van der Waals surface area (Å²) in [4.78, 5) is 0. The Hall–Kier alpha value is -0.130. The number of hydrogen-bond acceptors (Lipinski definition) is 3. The van der Waals surface area contributed by atoms with Gasteiger partial charge in [-0.2, -0.15) is 0 Å². The Balaban J connectivity index is 1.92. The summed E-state index contributed by atoms with van der Waals surface area (Å²) in [5.41, 5.74) is 0.408. The van der Waals surface area contributed by atoms with E-state index < -0.39 is 10.0 Å². The maximum Gasteiger partial charge on any atom is 0.211 e. The second kappa shape index (κ2) is 4.27. The van der Waals surface area contributed by atoms with Crippen molar-refractivity contribution in [1.29, 1.82) is 0 Å². The first-order valence-corrected chi connectivity index (χ1v) is 7.90. The molecule has 0 spiro atoms. The van der Waals surface area contributed by atoms with E-state index in [1.165, 1.54) is 12.7 Å². The number of piperidine rings is 1. The zero-order chi connectivity index (χ0) is 11.8. The van der Waals surface area contributed by atoms with Gasteiger partial charge in [-0.15, -0.1) is 0 Å². The smallest absolute Gasteiger partial charge is 0.211 e. The highest BCUT2D eigenvalue weighted by molar-refractivity contribution is 7.88. The third-order valence-corrected chi connectivity index (χ3v) is 5.11. The summed E-state index contributed by atoms with van der Waals surface area (Å²) in [5.74, 6) is 0.551. The van der Waals surface area contributed by atoms with Gasteiger partial charge in [-0.1, -0.05) is 6.92 Å². The Bertz CT molecular complexity index is 349. The van der Waals surface area contributed by atoms with E-state index >= 15 is 0 Å². The molecule has 2 saturated heterocycles. The molecule has 0 saturated carbocycles. The number of sulfonamides is 1. The summed E-state index contributed by atoms with van der Waals surface area (Å²) in [6, 6.07) is 0. The highest BCUT2D eigenvalue weighted by Gasteiger charge is 2.36. The van der Waals surface area contributed by atoms with Crippen LogP contribution in [-0.2, 0) is 10.0 Å². The molecule has 0 radical (unpaired) electrons. The average molecular weight is 246 g/mol. The highest BCUT2D eigenvalue weighted by Crippen LogP contribution is 2.34. The molecule has 0 aliphatic carbocycles. The summed E-state index contributed by atoms with van der Waals surface area (Å²) >= 11 is 0. The molecule has 0 aromatic carbocycles. The standard InChI is InChI=1S/C11H22N2O2S/c1-11(8-12-9-11)6-10-4-3-5-13(7-10)16(2,14)15/h10,12H,3-9H2,1-2H3. The molecular formula is C11H22N2O2S. The molecule has 2 heterocycles. The molecular weight excluding hydrogens is 224 g/mol. The summed E-state index contributed by atoms with van der Waals surface area (Å²) in [6.07, 6.45) is 4.68. The molecule has 16 heavy (non-hydrogen) atoms. The van der Waals surface area contributed by atoms with Crippen LogP contribution in [0.25, 0.3) is 0 Å². The second-order valence-corrected chi connectivity index (χ2v) is 7.73. The molecule has 2 aliphatic rings. The molecule has 2 rings (SSSR count). The van der Waals surface area contributed by atoms with Crippen molar-refractivity contribution in [2.75, 3.05) is 32.4 Å². The first kappa shape index (κ1) is 12.3. The molecule has 2 fully saturated rings. The van der Waals surface area contributed by atoms with Gasteiger partial charge >= 0.3 is 0 Å². The van der Waals surface area contributed by atoms with Crippen molar-refractivity contribution in [2.24, 2.45) is 11.3 Å². The fraction of sp³-hybridized carbons (Fsp3) is 1.00. The normalized spacial score (nSPS) is 31.0. The summed E-state index contributed by atoms with van der Waals surface area (Å²) < 4.78 is 24.6. The van der Waals surface area contributed by atoms with Gasteiger partial charge in [0.15, 0.2) is 0 Å². The minimum Gasteiger partial charge on any atom is -0.316 e. The van der Waals surface area contributed by atoms with Crippen molar-refractivity contribution >= 4 is 10.0 Å². The zero-order valence-corrected chi connectivity index (χ0v) is 11.0. The predicted octanol–water partition coefficient (Wildman–Crippen LogP) is 0.658. The van der Waals surface area contributed by atoms with Crippen LogP contribution in [0.4, 0.5) is 0 Å². The minimum atomic E-state index is -2.99. The quantitative estimate of drug-likeness (QED) is 0.796. The third-order valence-electron chi connectivity index (χ3n) is 3.84. The molecule has 4 nitrogen and oxygen atoms in total. The van der Waals surface area contributed by atoms with Crippen LogP contribution in [0.5, 0.6) is 0 Å². The first-order chi connectivity index (χ1) is 7.39. The molecule has 0 aromatic heterocycles. The number of nitrogens with one attached hydrogen (secondary N) is 1. The maximum absolute atomic E-state index is 11.5. The minimum absolute atomic E-state index is 0.408. The number of hydrogen-bond donors (Lipinski definition) is 1. The Kier molecular flexibility index (Phi) is 3.29. The van der Waals surface area contributed by atoms with Crippen molar-refractivity contribution in [3.63, 3.8) is 0 Å². The van der Waals surface area contributed by atoms with Crippen LogP contribution in [0.1, 0.15) is 26.2 Å². The van der Waals surface area contributed by atoms with Gasteiger partial charge in [-0.25, -0.2) is 12.7 Å². The summed E-state index contributed by atoms with van der Waals surface area (Å²) in [6.45, 7) is 5.91. The molecule has 1 atom stereocenters. The van der Waals surface area contributed by atoms with E-state index in [1.807, 2.05) is 0 Å². The lowest BCUT2D eigenvalue weighted by atomic mass is 9.74. The predicted molar refractivity (Wildman–Crippen MR) is 64.7 cm³/mol. The monoisotopic (exact) mass is 246 g/mol. The van der Waals surface area contributed by atoms with Gasteiger partial charge < -0.3 is 5.32 Å². The van der Waals surface area contributed by atoms with Gasteiger partial charge in [0.1, 0.15) is 0 Å². The van der Waals surface area contributed by atoms with Crippen LogP contribution in [0.15, 0.2) is 0 Å². The molecule has 2 aliphatic heterocycles. The fourth-order valence-corrected chi connectivity index (χ4v) is 3.83. The highest BCUT2D eigenvalue weighted by atomic mass is 32.2. The van der Waals surface area contributed by atoms with Crippen LogP contribution in [0, 0.1) is 11.3 Å². The topological polar surface area (TPSA) is 49.4 Å². The van der Waals surface area contributed by atoms with E-state index in [0.717, 1.165) is 32.5 Å². The lowest BCUT2D eigenvalue weighted by Crippen LogP contribution is -2.53. The van der Waals surface area contributed by atoms with Gasteiger partial charge in [0.25, 0.3) is 0 Å². The molecule has 0 bridgehead atoms. The Morgan fingerprint density at radius 1 is 1.44 bits per heavy atom. The van der Waals surface area contributed by atoms with E-state index in [0.29, 0.717) is 17.9 Å². The maximum atomic E-state index is 11.5. The number of nitrogens with zero attached hydrogens (tertiary/aromatic N) is 1. The van der Waals surface area contributed by atoms with E-state index in [-0.39, 0.29) is 0 Å². The summed E-state index contributed by atoms with van der Waals surface area (Å²) in [7, 11) is -2.99. The number of rotatable bonds is 3. The lowest BCUT2D eigenvalue weighted by Gasteiger charge is -2.43. The van der Waals surface area contributed by atoms with E-state index in [9.17, 15) is 8.42 Å². The molecule has 1 unspecified atom stereocenters.